The van der Waals surface area contributed by atoms with Gasteiger partial charge in [0.25, 0.3) is 0 Å². The van der Waals surface area contributed by atoms with Crippen LogP contribution in [0.3, 0.4) is 0 Å². The van der Waals surface area contributed by atoms with Gasteiger partial charge in [0.2, 0.25) is 10.0 Å². The van der Waals surface area contributed by atoms with Crippen LogP contribution in [0.1, 0.15) is 13.3 Å². The summed E-state index contributed by atoms with van der Waals surface area (Å²) in [5.74, 6) is -0.183. The van der Waals surface area contributed by atoms with Crippen molar-refractivity contribution in [1.29, 1.82) is 0 Å². The highest BCUT2D eigenvalue weighted by atomic mass is 32.2. The SMILES string of the molecule is C[C@]1(NS(=O)(=O)c2cccc3cccnc23)CCS(=O)(=O)C1. The van der Waals surface area contributed by atoms with Crippen molar-refractivity contribution >= 4 is 30.8 Å². The summed E-state index contributed by atoms with van der Waals surface area (Å²) in [4.78, 5) is 4.20. The predicted octanol–water partition coefficient (Wildman–Crippen LogP) is 1.09. The van der Waals surface area contributed by atoms with Crippen LogP contribution in [0.25, 0.3) is 10.9 Å². The number of para-hydroxylation sites is 1. The average molecular weight is 340 g/mol. The van der Waals surface area contributed by atoms with Gasteiger partial charge in [-0.05, 0) is 25.5 Å². The number of aromatic nitrogens is 1. The Morgan fingerprint density at radius 2 is 1.95 bits per heavy atom. The van der Waals surface area contributed by atoms with Crippen LogP contribution in [0.5, 0.6) is 0 Å². The predicted molar refractivity (Wildman–Crippen MR) is 83.7 cm³/mol. The van der Waals surface area contributed by atoms with Gasteiger partial charge in [0.05, 0.1) is 17.0 Å². The molecule has 0 aliphatic carbocycles. The van der Waals surface area contributed by atoms with Crippen LogP contribution in [0.15, 0.2) is 41.4 Å². The molecule has 1 N–H and O–H groups in total. The van der Waals surface area contributed by atoms with Crippen LogP contribution in [-0.2, 0) is 19.9 Å². The van der Waals surface area contributed by atoms with Crippen LogP contribution >= 0.6 is 0 Å². The van der Waals surface area contributed by atoms with Gasteiger partial charge in [-0.1, -0.05) is 18.2 Å². The zero-order valence-electron chi connectivity index (χ0n) is 12.0. The van der Waals surface area contributed by atoms with Gasteiger partial charge in [0.15, 0.2) is 9.84 Å². The third kappa shape index (κ3) is 2.86. The Morgan fingerprint density at radius 3 is 2.64 bits per heavy atom. The molecule has 118 valence electrons. The fraction of sp³-hybridized carbons (Fsp3) is 0.357. The number of hydrogen-bond acceptors (Lipinski definition) is 5. The molecule has 1 aromatic carbocycles. The van der Waals surface area contributed by atoms with E-state index in [9.17, 15) is 16.8 Å². The fourth-order valence-electron chi connectivity index (χ4n) is 2.76. The molecular formula is C14H16N2O4S2. The van der Waals surface area contributed by atoms with E-state index in [2.05, 4.69) is 9.71 Å². The first kappa shape index (κ1) is 15.4. The Labute approximate surface area is 129 Å². The molecule has 1 aliphatic heterocycles. The maximum atomic E-state index is 12.7. The van der Waals surface area contributed by atoms with Crippen LogP contribution in [-0.4, -0.2) is 38.9 Å². The van der Waals surface area contributed by atoms with Crippen molar-refractivity contribution in [2.45, 2.75) is 23.8 Å². The summed E-state index contributed by atoms with van der Waals surface area (Å²) in [6, 6.07) is 8.42. The van der Waals surface area contributed by atoms with E-state index in [4.69, 9.17) is 0 Å². The van der Waals surface area contributed by atoms with Gasteiger partial charge in [0.1, 0.15) is 4.90 Å². The van der Waals surface area contributed by atoms with E-state index in [-0.39, 0.29) is 22.8 Å². The summed E-state index contributed by atoms with van der Waals surface area (Å²) in [5.41, 5.74) is -0.601. The van der Waals surface area contributed by atoms with Gasteiger partial charge in [0, 0.05) is 17.1 Å². The lowest BCUT2D eigenvalue weighted by molar-refractivity contribution is 0.462. The first-order valence-corrected chi connectivity index (χ1v) is 10.1. The molecule has 0 amide bonds. The molecule has 1 aliphatic rings. The van der Waals surface area contributed by atoms with Gasteiger partial charge < -0.3 is 0 Å². The Morgan fingerprint density at radius 1 is 1.23 bits per heavy atom. The normalized spacial score (nSPS) is 24.6. The second-order valence-corrected chi connectivity index (χ2v) is 9.67. The minimum atomic E-state index is -3.86. The van der Waals surface area contributed by atoms with Crippen LogP contribution in [0, 0.1) is 0 Å². The Bertz CT molecular complexity index is 933. The molecule has 3 rings (SSSR count). The maximum Gasteiger partial charge on any atom is 0.243 e. The number of pyridine rings is 1. The van der Waals surface area contributed by atoms with Crippen molar-refractivity contribution < 1.29 is 16.8 Å². The molecule has 1 atom stereocenters. The van der Waals surface area contributed by atoms with E-state index >= 15 is 0 Å². The van der Waals surface area contributed by atoms with Crippen LogP contribution in [0.2, 0.25) is 0 Å². The summed E-state index contributed by atoms with van der Waals surface area (Å²) in [6.45, 7) is 1.62. The fourth-order valence-corrected chi connectivity index (χ4v) is 6.56. The minimum Gasteiger partial charge on any atom is -0.255 e. The molecule has 0 bridgehead atoms. The second-order valence-electron chi connectivity index (χ2n) is 5.84. The number of hydrogen-bond donors (Lipinski definition) is 1. The molecule has 0 saturated carbocycles. The monoisotopic (exact) mass is 340 g/mol. The second kappa shape index (κ2) is 5.00. The standard InChI is InChI=1S/C14H16N2O4S2/c1-14(7-9-21(17,18)10-14)16-22(19,20)12-6-2-4-11-5-3-8-15-13(11)12/h2-6,8,16H,7,9-10H2,1H3/t14-/m0/s1. The molecule has 1 aromatic heterocycles. The molecule has 2 heterocycles. The lowest BCUT2D eigenvalue weighted by Gasteiger charge is -2.23. The molecule has 1 saturated heterocycles. The van der Waals surface area contributed by atoms with E-state index in [1.54, 1.807) is 31.2 Å². The molecule has 0 radical (unpaired) electrons. The maximum absolute atomic E-state index is 12.7. The van der Waals surface area contributed by atoms with Crippen molar-refractivity contribution in [3.63, 3.8) is 0 Å². The molecule has 1 fully saturated rings. The van der Waals surface area contributed by atoms with Gasteiger partial charge in [-0.15, -0.1) is 0 Å². The van der Waals surface area contributed by atoms with Crippen molar-refractivity contribution in [3.8, 4) is 0 Å². The van der Waals surface area contributed by atoms with E-state index in [0.717, 1.165) is 5.39 Å². The van der Waals surface area contributed by atoms with Gasteiger partial charge in [-0.2, -0.15) is 0 Å². The molecule has 22 heavy (non-hydrogen) atoms. The first-order valence-electron chi connectivity index (χ1n) is 6.79. The van der Waals surface area contributed by atoms with E-state index in [1.807, 2.05) is 0 Å². The van der Waals surface area contributed by atoms with Gasteiger partial charge in [-0.3, -0.25) is 4.98 Å². The number of sulfone groups is 1. The van der Waals surface area contributed by atoms with Crippen molar-refractivity contribution in [3.05, 3.63) is 36.5 Å². The van der Waals surface area contributed by atoms with Crippen molar-refractivity contribution in [1.82, 2.24) is 9.71 Å². The van der Waals surface area contributed by atoms with E-state index in [1.165, 1.54) is 12.3 Å². The first-order chi connectivity index (χ1) is 10.2. The zero-order chi connectivity index (χ0) is 16.0. The van der Waals surface area contributed by atoms with Crippen molar-refractivity contribution in [2.24, 2.45) is 0 Å². The number of nitrogens with one attached hydrogen (secondary N) is 1. The molecule has 6 nitrogen and oxygen atoms in total. The lowest BCUT2D eigenvalue weighted by Crippen LogP contribution is -2.46. The van der Waals surface area contributed by atoms with Crippen LogP contribution in [0.4, 0.5) is 0 Å². The van der Waals surface area contributed by atoms with Crippen LogP contribution < -0.4 is 4.72 Å². The summed E-state index contributed by atoms with van der Waals surface area (Å²) < 4.78 is 51.2. The molecule has 0 spiro atoms. The topological polar surface area (TPSA) is 93.2 Å². The number of benzene rings is 1. The third-order valence-electron chi connectivity index (χ3n) is 3.77. The highest BCUT2D eigenvalue weighted by molar-refractivity contribution is 7.92. The Kier molecular flexibility index (Phi) is 3.50. The third-order valence-corrected chi connectivity index (χ3v) is 7.34. The van der Waals surface area contributed by atoms with Gasteiger partial charge >= 0.3 is 0 Å². The summed E-state index contributed by atoms with van der Waals surface area (Å²) >= 11 is 0. The summed E-state index contributed by atoms with van der Waals surface area (Å²) in [5, 5.41) is 0.717. The number of rotatable bonds is 3. The Balaban J connectivity index is 2.03. The quantitative estimate of drug-likeness (QED) is 0.903. The lowest BCUT2D eigenvalue weighted by atomic mass is 10.0. The Hall–Kier alpha value is -1.51. The average Bonchev–Trinajstić information content (AvgIpc) is 2.71. The number of fused-ring (bicyclic) bond motifs is 1. The highest BCUT2D eigenvalue weighted by Gasteiger charge is 2.41. The number of nitrogens with zero attached hydrogens (tertiary/aromatic N) is 1. The molecule has 8 heteroatoms. The minimum absolute atomic E-state index is 0.000191. The highest BCUT2D eigenvalue weighted by Crippen LogP contribution is 2.27. The number of sulfonamides is 1. The molecular weight excluding hydrogens is 324 g/mol. The molecule has 2 aromatic rings. The van der Waals surface area contributed by atoms with Crippen molar-refractivity contribution in [2.75, 3.05) is 11.5 Å². The summed E-state index contributed by atoms with van der Waals surface area (Å²) in [6.07, 6.45) is 1.80. The smallest absolute Gasteiger partial charge is 0.243 e. The van der Waals surface area contributed by atoms with E-state index < -0.39 is 25.4 Å². The van der Waals surface area contributed by atoms with E-state index in [0.29, 0.717) is 5.52 Å². The zero-order valence-corrected chi connectivity index (χ0v) is 13.6. The largest absolute Gasteiger partial charge is 0.255 e. The summed E-state index contributed by atoms with van der Waals surface area (Å²) in [7, 11) is -7.05. The van der Waals surface area contributed by atoms with Gasteiger partial charge in [-0.25, -0.2) is 21.6 Å². The molecule has 0 unspecified atom stereocenters.